The average Bonchev–Trinajstić information content (AvgIpc) is 3.44. The zero-order valence-corrected chi connectivity index (χ0v) is 31.1. The van der Waals surface area contributed by atoms with Crippen LogP contribution >= 0.6 is 7.82 Å². The molecular formula is C35H48F2N7O6P. The molecule has 51 heavy (non-hydrogen) atoms. The predicted octanol–water partition coefficient (Wildman–Crippen LogP) is 6.97. The molecule has 1 amide bonds. The lowest BCUT2D eigenvalue weighted by Crippen LogP contribution is -2.58. The van der Waals surface area contributed by atoms with E-state index in [9.17, 15) is 27.9 Å². The van der Waals surface area contributed by atoms with Crippen LogP contribution in [0.25, 0.3) is 10.9 Å². The van der Waals surface area contributed by atoms with Crippen molar-refractivity contribution in [2.45, 2.75) is 86.4 Å². The maximum absolute atomic E-state index is 13.9. The van der Waals surface area contributed by atoms with Crippen molar-refractivity contribution in [1.82, 2.24) is 25.1 Å². The molecule has 0 aliphatic heterocycles. The number of hydrogen-bond donors (Lipinski definition) is 5. The molecule has 4 aromatic rings. The van der Waals surface area contributed by atoms with Crippen molar-refractivity contribution in [3.63, 3.8) is 0 Å². The molecule has 2 heterocycles. The number of phosphoric acid groups is 1. The van der Waals surface area contributed by atoms with Crippen LogP contribution in [0, 0.1) is 22.5 Å². The predicted molar refractivity (Wildman–Crippen MR) is 192 cm³/mol. The molecule has 2 unspecified atom stereocenters. The highest BCUT2D eigenvalue weighted by atomic mass is 31.2. The number of anilines is 3. The standard InChI is InChI=1S/C35H48F2N7O6P/c1-21(2)44(31(34(3,4)5)32(35(6,7)8)50-51(46,47)48)15-10-16-49-23-13-14-24-27(19-23)38-20-39-33(24)41-28-17-22(42-43-28)18-29(45)40-26-12-9-11-25(36)30(26)37/h9,11-14,17,19-21,31-32H,10,15-16,18H2,1-8H3,(H,40,45)(H2,46,47,48)(H2,38,39,41,42,43). The highest BCUT2D eigenvalue weighted by molar-refractivity contribution is 7.46. The maximum Gasteiger partial charge on any atom is 0.469 e. The minimum Gasteiger partial charge on any atom is -0.493 e. The molecule has 2 atom stereocenters. The first kappa shape index (κ1) is 39.8. The van der Waals surface area contributed by atoms with Crippen LogP contribution in [0.2, 0.25) is 0 Å². The quantitative estimate of drug-likeness (QED) is 0.0631. The smallest absolute Gasteiger partial charge is 0.469 e. The van der Waals surface area contributed by atoms with Crippen LogP contribution in [0.5, 0.6) is 5.75 Å². The minimum absolute atomic E-state index is 0.0651. The normalized spacial score (nSPS) is 13.8. The fourth-order valence-electron chi connectivity index (χ4n) is 5.95. The van der Waals surface area contributed by atoms with Crippen LogP contribution in [-0.4, -0.2) is 72.1 Å². The number of aromatic amines is 1. The van der Waals surface area contributed by atoms with Crippen LogP contribution < -0.4 is 15.4 Å². The number of H-pyrrole nitrogens is 1. The summed E-state index contributed by atoms with van der Waals surface area (Å²) in [6.07, 6.45) is 1.15. The van der Waals surface area contributed by atoms with E-state index in [2.05, 4.69) is 70.3 Å². The molecule has 4 rings (SSSR count). The lowest BCUT2D eigenvalue weighted by atomic mass is 9.73. The Morgan fingerprint density at radius 1 is 1.04 bits per heavy atom. The van der Waals surface area contributed by atoms with Gasteiger partial charge in [-0.25, -0.2) is 23.3 Å². The van der Waals surface area contributed by atoms with E-state index in [0.29, 0.717) is 53.6 Å². The Balaban J connectivity index is 1.39. The first-order valence-electron chi connectivity index (χ1n) is 16.7. The number of nitrogens with zero attached hydrogens (tertiary/aromatic N) is 4. The summed E-state index contributed by atoms with van der Waals surface area (Å²) in [5.74, 6) is -1.27. The molecule has 2 aromatic heterocycles. The van der Waals surface area contributed by atoms with Gasteiger partial charge in [0, 0.05) is 41.8 Å². The Morgan fingerprint density at radius 2 is 1.76 bits per heavy atom. The van der Waals surface area contributed by atoms with Crippen molar-refractivity contribution in [3.8, 4) is 5.75 Å². The maximum atomic E-state index is 13.9. The summed E-state index contributed by atoms with van der Waals surface area (Å²) < 4.78 is 51.0. The van der Waals surface area contributed by atoms with E-state index in [4.69, 9.17) is 9.26 Å². The van der Waals surface area contributed by atoms with Crippen LogP contribution in [0.4, 0.5) is 26.1 Å². The summed E-state index contributed by atoms with van der Waals surface area (Å²) in [4.78, 5) is 42.9. The third-order valence-corrected chi connectivity index (χ3v) is 8.69. The van der Waals surface area contributed by atoms with E-state index in [1.807, 2.05) is 32.9 Å². The van der Waals surface area contributed by atoms with Gasteiger partial charge in [0.05, 0.1) is 30.3 Å². The molecule has 0 fully saturated rings. The number of phosphoric ester groups is 1. The molecule has 0 bridgehead atoms. The molecule has 0 aliphatic rings. The fraction of sp³-hybridized carbons (Fsp3) is 0.486. The van der Waals surface area contributed by atoms with E-state index >= 15 is 0 Å². The van der Waals surface area contributed by atoms with Crippen LogP contribution in [-0.2, 0) is 20.3 Å². The van der Waals surface area contributed by atoms with Crippen molar-refractivity contribution in [3.05, 3.63) is 66.1 Å². The van der Waals surface area contributed by atoms with Gasteiger partial charge in [0.2, 0.25) is 5.91 Å². The molecule has 0 saturated carbocycles. The number of amides is 1. The molecular weight excluding hydrogens is 683 g/mol. The van der Waals surface area contributed by atoms with Crippen LogP contribution in [0.3, 0.4) is 0 Å². The zero-order valence-electron chi connectivity index (χ0n) is 30.2. The number of fused-ring (bicyclic) bond motifs is 1. The number of halogens is 2. The molecule has 2 aromatic carbocycles. The number of aromatic nitrogens is 4. The highest BCUT2D eigenvalue weighted by Crippen LogP contribution is 2.47. The van der Waals surface area contributed by atoms with E-state index in [1.54, 1.807) is 12.1 Å². The number of ether oxygens (including phenoxy) is 1. The SMILES string of the molecule is CC(C)N(CCCOc1ccc2c(Nc3cc(CC(=O)Nc4cccc(F)c4F)[nH]n3)ncnc2c1)C(C(OP(=O)(O)O)C(C)(C)C)C(C)(C)C. The van der Waals surface area contributed by atoms with Crippen LogP contribution in [0.1, 0.15) is 67.5 Å². The van der Waals surface area contributed by atoms with Gasteiger partial charge < -0.3 is 25.2 Å². The first-order valence-corrected chi connectivity index (χ1v) is 18.2. The van der Waals surface area contributed by atoms with Crippen LogP contribution in [0.15, 0.2) is 48.8 Å². The Labute approximate surface area is 296 Å². The lowest BCUT2D eigenvalue weighted by molar-refractivity contribution is -0.115. The topological polar surface area (TPSA) is 175 Å². The monoisotopic (exact) mass is 731 g/mol. The molecule has 0 aliphatic carbocycles. The van der Waals surface area contributed by atoms with Gasteiger partial charge in [-0.15, -0.1) is 0 Å². The highest BCUT2D eigenvalue weighted by Gasteiger charge is 2.46. The van der Waals surface area contributed by atoms with E-state index in [-0.39, 0.29) is 29.6 Å². The summed E-state index contributed by atoms with van der Waals surface area (Å²) in [7, 11) is -4.75. The molecule has 0 radical (unpaired) electrons. The second-order valence-corrected chi connectivity index (χ2v) is 16.1. The first-order chi connectivity index (χ1) is 23.7. The van der Waals surface area contributed by atoms with Crippen molar-refractivity contribution < 1.29 is 37.2 Å². The van der Waals surface area contributed by atoms with Crippen molar-refractivity contribution in [1.29, 1.82) is 0 Å². The number of hydrogen-bond acceptors (Lipinski definition) is 9. The molecule has 16 heteroatoms. The van der Waals surface area contributed by atoms with Gasteiger partial charge in [-0.3, -0.25) is 19.3 Å². The largest absolute Gasteiger partial charge is 0.493 e. The Bertz CT molecular complexity index is 1850. The molecule has 5 N–H and O–H groups in total. The van der Waals surface area contributed by atoms with E-state index in [0.717, 1.165) is 6.07 Å². The van der Waals surface area contributed by atoms with E-state index < -0.39 is 36.9 Å². The van der Waals surface area contributed by atoms with Gasteiger partial charge in [-0.05, 0) is 55.4 Å². The van der Waals surface area contributed by atoms with Gasteiger partial charge in [-0.2, -0.15) is 5.10 Å². The third-order valence-electron chi connectivity index (χ3n) is 8.19. The summed E-state index contributed by atoms with van der Waals surface area (Å²) in [5, 5.41) is 13.1. The number of nitrogens with one attached hydrogen (secondary N) is 3. The Kier molecular flexibility index (Phi) is 12.6. The second-order valence-electron chi connectivity index (χ2n) is 14.9. The van der Waals surface area contributed by atoms with Crippen molar-refractivity contribution >= 4 is 42.0 Å². The zero-order chi connectivity index (χ0) is 37.7. The minimum atomic E-state index is -4.75. The molecule has 13 nitrogen and oxygen atoms in total. The number of benzene rings is 2. The summed E-state index contributed by atoms with van der Waals surface area (Å²) in [6.45, 7) is 17.0. The van der Waals surface area contributed by atoms with Crippen molar-refractivity contribution in [2.75, 3.05) is 23.8 Å². The fourth-order valence-corrected chi connectivity index (χ4v) is 6.68. The summed E-state index contributed by atoms with van der Waals surface area (Å²) in [5.41, 5.74) is -0.0998. The van der Waals surface area contributed by atoms with Gasteiger partial charge in [0.1, 0.15) is 17.9 Å². The van der Waals surface area contributed by atoms with Gasteiger partial charge in [0.15, 0.2) is 17.5 Å². The Hall–Kier alpha value is -4.01. The second kappa shape index (κ2) is 16.1. The third kappa shape index (κ3) is 11.0. The molecule has 0 saturated heterocycles. The summed E-state index contributed by atoms with van der Waals surface area (Å²) in [6, 6.07) is 10.4. The Morgan fingerprint density at radius 3 is 2.41 bits per heavy atom. The van der Waals surface area contributed by atoms with Gasteiger partial charge >= 0.3 is 7.82 Å². The van der Waals surface area contributed by atoms with Gasteiger partial charge in [0.25, 0.3) is 0 Å². The average molecular weight is 732 g/mol. The van der Waals surface area contributed by atoms with Crippen molar-refractivity contribution in [2.24, 2.45) is 10.8 Å². The van der Waals surface area contributed by atoms with Gasteiger partial charge in [-0.1, -0.05) is 47.6 Å². The number of rotatable bonds is 15. The summed E-state index contributed by atoms with van der Waals surface area (Å²) >= 11 is 0. The number of carbonyl (C=O) groups excluding carboxylic acids is 1. The lowest BCUT2D eigenvalue weighted by Gasteiger charge is -2.50. The number of carbonyl (C=O) groups is 1. The molecule has 278 valence electrons. The van der Waals surface area contributed by atoms with E-state index in [1.165, 1.54) is 18.5 Å². The molecule has 0 spiro atoms.